The zero-order chi connectivity index (χ0) is 11.9. The van der Waals surface area contributed by atoms with Crippen LogP contribution in [0.15, 0.2) is 0 Å². The monoisotopic (exact) mass is 243 g/mol. The highest BCUT2D eigenvalue weighted by molar-refractivity contribution is 7.90. The Morgan fingerprint density at radius 2 is 2.06 bits per heavy atom. The van der Waals surface area contributed by atoms with Gasteiger partial charge < -0.3 is 10.5 Å². The molecule has 0 fully saturated rings. The van der Waals surface area contributed by atoms with Gasteiger partial charge in [-0.2, -0.15) is 4.98 Å². The van der Waals surface area contributed by atoms with E-state index in [0.717, 1.165) is 0 Å². The van der Waals surface area contributed by atoms with E-state index in [1.807, 2.05) is 0 Å². The Morgan fingerprint density at radius 1 is 1.38 bits per heavy atom. The molecule has 16 heavy (non-hydrogen) atoms. The third-order valence-corrected chi connectivity index (χ3v) is 3.84. The highest BCUT2D eigenvalue weighted by Crippen LogP contribution is 2.30. The first-order chi connectivity index (χ1) is 7.43. The summed E-state index contributed by atoms with van der Waals surface area (Å²) in [6, 6.07) is -0.345. The molecule has 1 aliphatic heterocycles. The zero-order valence-electron chi connectivity index (χ0n) is 9.10. The molecule has 1 unspecified atom stereocenters. The molecule has 1 atom stereocenters. The van der Waals surface area contributed by atoms with Gasteiger partial charge >= 0.3 is 0 Å². The van der Waals surface area contributed by atoms with Crippen LogP contribution in [0.3, 0.4) is 0 Å². The fourth-order valence-electron chi connectivity index (χ4n) is 1.64. The van der Waals surface area contributed by atoms with E-state index in [-0.39, 0.29) is 17.5 Å². The molecule has 0 saturated heterocycles. The average Bonchev–Trinajstić information content (AvgIpc) is 2.49. The minimum absolute atomic E-state index is 0.0509. The second kappa shape index (κ2) is 3.67. The van der Waals surface area contributed by atoms with Gasteiger partial charge in [-0.25, -0.2) is 13.4 Å². The van der Waals surface area contributed by atoms with Gasteiger partial charge in [-0.1, -0.05) is 0 Å². The smallest absolute Gasteiger partial charge is 0.221 e. The molecule has 0 spiro atoms. The van der Waals surface area contributed by atoms with Gasteiger partial charge in [0.05, 0.1) is 35.9 Å². The Kier molecular flexibility index (Phi) is 2.59. The van der Waals surface area contributed by atoms with Crippen LogP contribution in [0.4, 0.5) is 0 Å². The number of sulfone groups is 1. The van der Waals surface area contributed by atoms with E-state index >= 15 is 0 Å². The first-order valence-electron chi connectivity index (χ1n) is 4.82. The lowest BCUT2D eigenvalue weighted by atomic mass is 10.2. The van der Waals surface area contributed by atoms with Crippen LogP contribution in [-0.4, -0.2) is 25.5 Å². The normalized spacial score (nSPS) is 19.2. The first-order valence-corrected chi connectivity index (χ1v) is 6.65. The van der Waals surface area contributed by atoms with Crippen molar-refractivity contribution in [2.45, 2.75) is 24.5 Å². The van der Waals surface area contributed by atoms with Gasteiger partial charge in [-0.15, -0.1) is 0 Å². The van der Waals surface area contributed by atoms with Gasteiger partial charge in [0.2, 0.25) is 5.88 Å². The summed E-state index contributed by atoms with van der Waals surface area (Å²) in [4.78, 5) is 8.27. The lowest BCUT2D eigenvalue weighted by molar-refractivity contribution is 0.389. The summed E-state index contributed by atoms with van der Waals surface area (Å²) >= 11 is 0. The van der Waals surface area contributed by atoms with Crippen LogP contribution in [0, 0.1) is 0 Å². The predicted molar refractivity (Wildman–Crippen MR) is 57.5 cm³/mol. The number of methoxy groups -OCH3 is 1. The molecule has 0 bridgehead atoms. The summed E-state index contributed by atoms with van der Waals surface area (Å²) in [5.41, 5.74) is 6.74. The molecule has 7 heteroatoms. The summed E-state index contributed by atoms with van der Waals surface area (Å²) in [6.45, 7) is 1.74. The van der Waals surface area contributed by atoms with Crippen molar-refractivity contribution in [2.75, 3.05) is 7.11 Å². The van der Waals surface area contributed by atoms with Crippen molar-refractivity contribution in [1.82, 2.24) is 9.97 Å². The molecular formula is C9H13N3O3S. The molecule has 2 rings (SSSR count). The number of aromatic nitrogens is 2. The molecule has 6 nitrogen and oxygen atoms in total. The summed E-state index contributed by atoms with van der Waals surface area (Å²) in [7, 11) is -1.65. The number of nitrogens with zero attached hydrogens (tertiary/aromatic N) is 2. The topological polar surface area (TPSA) is 95.2 Å². The van der Waals surface area contributed by atoms with Crippen LogP contribution >= 0.6 is 0 Å². The van der Waals surface area contributed by atoms with Gasteiger partial charge in [-0.3, -0.25) is 0 Å². The molecule has 2 N–H and O–H groups in total. The zero-order valence-corrected chi connectivity index (χ0v) is 9.91. The second-order valence-electron chi connectivity index (χ2n) is 3.84. The molecule has 1 aliphatic rings. The summed E-state index contributed by atoms with van der Waals surface area (Å²) in [5.74, 6) is 0.622. The Labute approximate surface area is 93.8 Å². The molecule has 0 aliphatic carbocycles. The largest absolute Gasteiger partial charge is 0.481 e. The van der Waals surface area contributed by atoms with Gasteiger partial charge in [-0.05, 0) is 6.92 Å². The van der Waals surface area contributed by atoms with Crippen LogP contribution in [0.1, 0.15) is 30.0 Å². The third kappa shape index (κ3) is 1.88. The van der Waals surface area contributed by atoms with Crippen molar-refractivity contribution in [3.8, 4) is 5.88 Å². The van der Waals surface area contributed by atoms with E-state index in [1.54, 1.807) is 6.92 Å². The standard InChI is InChI=1S/C9H13N3O3S/c1-5(10)8-11-7-4-16(13,14)3-6(7)9(12-8)15-2/h5H,3-4,10H2,1-2H3. The van der Waals surface area contributed by atoms with E-state index < -0.39 is 9.84 Å². The maximum Gasteiger partial charge on any atom is 0.221 e. The molecule has 88 valence electrons. The van der Waals surface area contributed by atoms with Gasteiger partial charge in [0.15, 0.2) is 9.84 Å². The maximum atomic E-state index is 11.5. The SMILES string of the molecule is COc1nc(C(C)N)nc2c1CS(=O)(=O)C2. The average molecular weight is 243 g/mol. The van der Waals surface area contributed by atoms with Crippen LogP contribution in [-0.2, 0) is 21.3 Å². The quantitative estimate of drug-likeness (QED) is 0.781. The Morgan fingerprint density at radius 3 is 2.62 bits per heavy atom. The minimum Gasteiger partial charge on any atom is -0.481 e. The van der Waals surface area contributed by atoms with E-state index in [0.29, 0.717) is 23.0 Å². The van der Waals surface area contributed by atoms with Crippen molar-refractivity contribution in [2.24, 2.45) is 5.73 Å². The maximum absolute atomic E-state index is 11.5. The molecule has 2 heterocycles. The van der Waals surface area contributed by atoms with Crippen molar-refractivity contribution in [1.29, 1.82) is 0 Å². The lowest BCUT2D eigenvalue weighted by Gasteiger charge is -2.09. The van der Waals surface area contributed by atoms with Crippen LogP contribution in [0.5, 0.6) is 5.88 Å². The number of nitrogens with two attached hydrogens (primary N) is 1. The first kappa shape index (κ1) is 11.3. The Bertz CT molecular complexity index is 525. The Hall–Kier alpha value is -1.21. The van der Waals surface area contributed by atoms with E-state index in [2.05, 4.69) is 9.97 Å². The van der Waals surface area contributed by atoms with Gasteiger partial charge in [0, 0.05) is 0 Å². The number of fused-ring (bicyclic) bond motifs is 1. The number of rotatable bonds is 2. The predicted octanol–water partition coefficient (Wildman–Crippen LogP) is -0.0667. The van der Waals surface area contributed by atoms with E-state index in [4.69, 9.17) is 10.5 Å². The molecule has 0 radical (unpaired) electrons. The third-order valence-electron chi connectivity index (χ3n) is 2.39. The molecular weight excluding hydrogens is 230 g/mol. The summed E-state index contributed by atoms with van der Waals surface area (Å²) < 4.78 is 28.0. The minimum atomic E-state index is -3.10. The number of hydrogen-bond donors (Lipinski definition) is 1. The van der Waals surface area contributed by atoms with Crippen LogP contribution < -0.4 is 10.5 Å². The van der Waals surface area contributed by atoms with E-state index in [1.165, 1.54) is 7.11 Å². The lowest BCUT2D eigenvalue weighted by Crippen LogP contribution is -2.12. The molecule has 1 aromatic heterocycles. The van der Waals surface area contributed by atoms with Crippen LogP contribution in [0.2, 0.25) is 0 Å². The molecule has 1 aromatic rings. The van der Waals surface area contributed by atoms with E-state index in [9.17, 15) is 8.42 Å². The number of ether oxygens (including phenoxy) is 1. The van der Waals surface area contributed by atoms with Crippen molar-refractivity contribution >= 4 is 9.84 Å². The van der Waals surface area contributed by atoms with Crippen molar-refractivity contribution in [3.05, 3.63) is 17.1 Å². The molecule has 0 aromatic carbocycles. The van der Waals surface area contributed by atoms with Crippen molar-refractivity contribution < 1.29 is 13.2 Å². The van der Waals surface area contributed by atoms with Crippen molar-refractivity contribution in [3.63, 3.8) is 0 Å². The fourth-order valence-corrected chi connectivity index (χ4v) is 3.13. The molecule has 0 saturated carbocycles. The summed E-state index contributed by atoms with van der Waals surface area (Å²) in [5, 5.41) is 0. The fraction of sp³-hybridized carbons (Fsp3) is 0.556. The highest BCUT2D eigenvalue weighted by Gasteiger charge is 2.31. The van der Waals surface area contributed by atoms with Gasteiger partial charge in [0.1, 0.15) is 5.82 Å². The summed E-state index contributed by atoms with van der Waals surface area (Å²) in [6.07, 6.45) is 0. The molecule has 0 amide bonds. The second-order valence-corrected chi connectivity index (χ2v) is 5.90. The number of hydrogen-bond acceptors (Lipinski definition) is 6. The van der Waals surface area contributed by atoms with Crippen LogP contribution in [0.25, 0.3) is 0 Å². The Balaban J connectivity index is 2.58. The highest BCUT2D eigenvalue weighted by atomic mass is 32.2. The van der Waals surface area contributed by atoms with Gasteiger partial charge in [0.25, 0.3) is 0 Å².